The third kappa shape index (κ3) is 11.9. The van der Waals surface area contributed by atoms with Gasteiger partial charge in [-0.05, 0) is 35.4 Å². The highest BCUT2D eigenvalue weighted by Gasteiger charge is 2.44. The molecule has 5 N–H and O–H groups in total. The second kappa shape index (κ2) is 18.2. The Morgan fingerprint density at radius 1 is 0.760 bits per heavy atom. The van der Waals surface area contributed by atoms with Gasteiger partial charge in [0.05, 0.1) is 12.1 Å². The van der Waals surface area contributed by atoms with Crippen molar-refractivity contribution in [1.82, 2.24) is 10.6 Å². The lowest BCUT2D eigenvalue weighted by atomic mass is 9.87. The fraction of sp³-hybridized carbons (Fsp3) is 0.395. The molecule has 0 bridgehead atoms. The number of aliphatic hydroxyl groups is 1. The van der Waals surface area contributed by atoms with Gasteiger partial charge in [0.2, 0.25) is 17.7 Å². The maximum atomic E-state index is 13.7. The van der Waals surface area contributed by atoms with Crippen molar-refractivity contribution in [3.8, 4) is 11.1 Å². The number of benzene rings is 3. The summed E-state index contributed by atoms with van der Waals surface area (Å²) < 4.78 is 39.8. The van der Waals surface area contributed by atoms with Crippen molar-refractivity contribution in [2.24, 2.45) is 23.5 Å². The topological polar surface area (TPSA) is 156 Å². The normalized spacial score (nSPS) is 14.6. The molecule has 0 radical (unpaired) electrons. The molecule has 3 aromatic carbocycles. The first-order valence-electron chi connectivity index (χ1n) is 16.5. The number of nitrogens with one attached hydrogen (secondary N) is 2. The van der Waals surface area contributed by atoms with E-state index in [1.165, 1.54) is 6.92 Å². The molecule has 9 nitrogen and oxygen atoms in total. The highest BCUT2D eigenvalue weighted by atomic mass is 19.4. The third-order valence-electron chi connectivity index (χ3n) is 8.55. The molecule has 2 unspecified atom stereocenters. The van der Waals surface area contributed by atoms with Gasteiger partial charge in [-0.15, -0.1) is 0 Å². The highest BCUT2D eigenvalue weighted by Crippen LogP contribution is 2.26. The molecule has 3 aromatic rings. The zero-order valence-electron chi connectivity index (χ0n) is 28.3. The lowest BCUT2D eigenvalue weighted by Crippen LogP contribution is -2.52. The molecule has 12 heteroatoms. The minimum Gasteiger partial charge on any atom is -0.382 e. The van der Waals surface area contributed by atoms with Gasteiger partial charge < -0.3 is 21.5 Å². The smallest absolute Gasteiger partial charge is 0.382 e. The molecule has 0 aliphatic rings. The number of halogens is 3. The van der Waals surface area contributed by atoms with Crippen molar-refractivity contribution < 1.29 is 42.3 Å². The van der Waals surface area contributed by atoms with Crippen molar-refractivity contribution in [3.63, 3.8) is 0 Å². The summed E-state index contributed by atoms with van der Waals surface area (Å²) in [6.45, 7) is 4.92. The molecule has 0 aliphatic heterocycles. The molecule has 5 atom stereocenters. The third-order valence-corrected chi connectivity index (χ3v) is 8.55. The van der Waals surface area contributed by atoms with Crippen LogP contribution in [-0.4, -0.2) is 58.8 Å². The van der Waals surface area contributed by atoms with Crippen LogP contribution in [-0.2, 0) is 25.6 Å². The molecule has 0 heterocycles. The number of nitrogens with two attached hydrogens (primary N) is 1. The van der Waals surface area contributed by atoms with Gasteiger partial charge in [0, 0.05) is 36.7 Å². The summed E-state index contributed by atoms with van der Waals surface area (Å²) in [6, 6.07) is 22.6. The number of amides is 3. The molecular weight excluding hydrogens is 651 g/mol. The maximum absolute atomic E-state index is 13.7. The average Bonchev–Trinajstić information content (AvgIpc) is 3.08. The van der Waals surface area contributed by atoms with Crippen molar-refractivity contribution in [2.45, 2.75) is 77.2 Å². The summed E-state index contributed by atoms with van der Waals surface area (Å²) in [5.74, 6) is -5.43. The zero-order chi connectivity index (χ0) is 37.0. The van der Waals surface area contributed by atoms with Crippen molar-refractivity contribution >= 4 is 29.3 Å². The summed E-state index contributed by atoms with van der Waals surface area (Å²) in [5, 5.41) is 14.7. The van der Waals surface area contributed by atoms with E-state index >= 15 is 0 Å². The summed E-state index contributed by atoms with van der Waals surface area (Å²) in [6.07, 6.45) is -9.64. The Morgan fingerprint density at radius 2 is 1.32 bits per heavy atom. The SMILES string of the molecule is CC(C)[C@@H](CC(=O)c1ccc(-c2ccccc2)cc1)C(=O)N[C@@H](Cc1ccccc1)C(=O)C[C@@H](C)C(=O)NC(CCC(N)=O)C(O)C(F)(F)F. The maximum Gasteiger partial charge on any atom is 0.416 e. The van der Waals surface area contributed by atoms with E-state index in [1.807, 2.05) is 42.5 Å². The first kappa shape index (κ1) is 39.6. The average molecular weight is 696 g/mol. The van der Waals surface area contributed by atoms with Crippen LogP contribution >= 0.6 is 0 Å². The Balaban J connectivity index is 1.74. The molecule has 268 valence electrons. The number of alkyl halides is 3. The van der Waals surface area contributed by atoms with E-state index in [0.717, 1.165) is 11.1 Å². The van der Waals surface area contributed by atoms with Crippen molar-refractivity contribution in [2.75, 3.05) is 0 Å². The number of hydrogen-bond donors (Lipinski definition) is 4. The molecule has 50 heavy (non-hydrogen) atoms. The second-order valence-electron chi connectivity index (χ2n) is 12.9. The first-order chi connectivity index (χ1) is 23.6. The number of primary amides is 1. The first-order valence-corrected chi connectivity index (χ1v) is 16.5. The van der Waals surface area contributed by atoms with Gasteiger partial charge >= 0.3 is 6.18 Å². The van der Waals surface area contributed by atoms with Gasteiger partial charge in [-0.3, -0.25) is 24.0 Å². The van der Waals surface area contributed by atoms with Crippen LogP contribution in [0.4, 0.5) is 13.2 Å². The Bertz CT molecular complexity index is 1600. The molecule has 0 aromatic heterocycles. The van der Waals surface area contributed by atoms with E-state index in [0.29, 0.717) is 11.1 Å². The molecule has 3 amide bonds. The van der Waals surface area contributed by atoms with Crippen LogP contribution in [0.3, 0.4) is 0 Å². The van der Waals surface area contributed by atoms with Crippen LogP contribution in [0.1, 0.15) is 62.4 Å². The number of Topliss-reactive ketones (excluding diaryl/α,β-unsaturated/α-hetero) is 2. The molecule has 0 saturated heterocycles. The summed E-state index contributed by atoms with van der Waals surface area (Å²) >= 11 is 0. The highest BCUT2D eigenvalue weighted by molar-refractivity contribution is 6.00. The molecule has 0 fully saturated rings. The van der Waals surface area contributed by atoms with Gasteiger partial charge in [-0.2, -0.15) is 13.2 Å². The molecular formula is C38H44F3N3O6. The zero-order valence-corrected chi connectivity index (χ0v) is 28.3. The number of rotatable bonds is 18. The van der Waals surface area contributed by atoms with Crippen LogP contribution in [0.15, 0.2) is 84.9 Å². The molecule has 3 rings (SSSR count). The van der Waals surface area contributed by atoms with Gasteiger partial charge in [-0.1, -0.05) is 106 Å². The van der Waals surface area contributed by atoms with Gasteiger partial charge in [-0.25, -0.2) is 0 Å². The molecule has 0 saturated carbocycles. The summed E-state index contributed by atoms with van der Waals surface area (Å²) in [4.78, 5) is 64.8. The minimum absolute atomic E-state index is 0.0630. The predicted octanol–water partition coefficient (Wildman–Crippen LogP) is 5.19. The number of carbonyl (C=O) groups is 5. The van der Waals surface area contributed by atoms with Crippen LogP contribution in [0.25, 0.3) is 11.1 Å². The van der Waals surface area contributed by atoms with E-state index in [4.69, 9.17) is 5.73 Å². The van der Waals surface area contributed by atoms with Gasteiger partial charge in [0.1, 0.15) is 0 Å². The van der Waals surface area contributed by atoms with Crippen LogP contribution in [0.5, 0.6) is 0 Å². The van der Waals surface area contributed by atoms with Crippen LogP contribution in [0, 0.1) is 17.8 Å². The largest absolute Gasteiger partial charge is 0.416 e. The van der Waals surface area contributed by atoms with E-state index in [9.17, 15) is 42.3 Å². The minimum atomic E-state index is -5.08. The van der Waals surface area contributed by atoms with E-state index < -0.39 is 79.0 Å². The van der Waals surface area contributed by atoms with Crippen LogP contribution in [0.2, 0.25) is 0 Å². The van der Waals surface area contributed by atoms with Crippen LogP contribution < -0.4 is 16.4 Å². The fourth-order valence-electron chi connectivity index (χ4n) is 5.50. The Kier molecular flexibility index (Phi) is 14.4. The number of hydrogen-bond acceptors (Lipinski definition) is 6. The fourth-order valence-corrected chi connectivity index (χ4v) is 5.50. The van der Waals surface area contributed by atoms with Gasteiger partial charge in [0.15, 0.2) is 17.7 Å². The molecule has 0 spiro atoms. The standard InChI is InChI=1S/C38H44F3N3O6/c1-23(2)29(22-32(45)28-16-14-27(15-17-28)26-12-8-5-9-13-26)37(50)44-31(21-25-10-6-4-7-11-25)33(46)20-24(3)36(49)43-30(18-19-34(42)47)35(48)38(39,40)41/h4-17,23-24,29-31,35,48H,18-22H2,1-3H3,(H2,42,47)(H,43,49)(H,44,50)/t24-,29-,30?,31+,35?/m1/s1. The molecule has 0 aliphatic carbocycles. The Morgan fingerprint density at radius 3 is 1.86 bits per heavy atom. The van der Waals surface area contributed by atoms with E-state index in [-0.39, 0.29) is 24.5 Å². The lowest BCUT2D eigenvalue weighted by Gasteiger charge is -2.27. The second-order valence-corrected chi connectivity index (χ2v) is 12.9. The number of carbonyl (C=O) groups excluding carboxylic acids is 5. The van der Waals surface area contributed by atoms with Crippen molar-refractivity contribution in [1.29, 1.82) is 0 Å². The Hall–Kier alpha value is -4.84. The van der Waals surface area contributed by atoms with Gasteiger partial charge in [0.25, 0.3) is 0 Å². The van der Waals surface area contributed by atoms with E-state index in [1.54, 1.807) is 56.3 Å². The summed E-state index contributed by atoms with van der Waals surface area (Å²) in [7, 11) is 0. The summed E-state index contributed by atoms with van der Waals surface area (Å²) in [5.41, 5.74) is 8.12. The monoisotopic (exact) mass is 695 g/mol. The Labute approximate surface area is 289 Å². The number of ketones is 2. The number of aliphatic hydroxyl groups excluding tert-OH is 1. The lowest BCUT2D eigenvalue weighted by molar-refractivity contribution is -0.213. The van der Waals surface area contributed by atoms with E-state index in [2.05, 4.69) is 10.6 Å². The predicted molar refractivity (Wildman–Crippen MR) is 182 cm³/mol. The quantitative estimate of drug-likeness (QED) is 0.134. The van der Waals surface area contributed by atoms with Crippen molar-refractivity contribution in [3.05, 3.63) is 96.1 Å².